The average molecular weight is 277 g/mol. The van der Waals surface area contributed by atoms with Crippen molar-refractivity contribution in [1.29, 1.82) is 0 Å². The molecule has 1 atom stereocenters. The topological polar surface area (TPSA) is 69.8 Å². The van der Waals surface area contributed by atoms with Crippen LogP contribution >= 0.6 is 0 Å². The second-order valence-electron chi connectivity index (χ2n) is 5.60. The van der Waals surface area contributed by atoms with Gasteiger partial charge in [-0.3, -0.25) is 4.79 Å². The van der Waals surface area contributed by atoms with Crippen molar-refractivity contribution in [3.05, 3.63) is 24.3 Å². The number of amides is 1. The van der Waals surface area contributed by atoms with Gasteiger partial charge in [-0.2, -0.15) is 0 Å². The molecule has 0 unspecified atom stereocenters. The van der Waals surface area contributed by atoms with Crippen LogP contribution in [0, 0.1) is 5.92 Å². The Labute approximate surface area is 120 Å². The Morgan fingerprint density at radius 3 is 2.20 bits per heavy atom. The van der Waals surface area contributed by atoms with Gasteiger partial charge in [0.15, 0.2) is 0 Å². The van der Waals surface area contributed by atoms with E-state index in [-0.39, 0.29) is 17.6 Å². The van der Waals surface area contributed by atoms with E-state index in [0.29, 0.717) is 13.1 Å². The third kappa shape index (κ3) is 3.22. The van der Waals surface area contributed by atoms with E-state index in [4.69, 9.17) is 5.73 Å². The number of nitrogens with zero attached hydrogens (tertiary/aromatic N) is 2. The molecule has 1 amide bonds. The average Bonchev–Trinajstić information content (AvgIpc) is 2.46. The van der Waals surface area contributed by atoms with Crippen LogP contribution in [0.5, 0.6) is 5.75 Å². The molecule has 1 aliphatic rings. The van der Waals surface area contributed by atoms with E-state index in [1.807, 2.05) is 30.9 Å². The smallest absolute Gasteiger partial charge is 0.239 e. The van der Waals surface area contributed by atoms with Crippen LogP contribution in [0.2, 0.25) is 0 Å². The number of anilines is 1. The fourth-order valence-electron chi connectivity index (χ4n) is 2.34. The van der Waals surface area contributed by atoms with Gasteiger partial charge >= 0.3 is 0 Å². The minimum Gasteiger partial charge on any atom is -0.508 e. The Morgan fingerprint density at radius 2 is 1.70 bits per heavy atom. The van der Waals surface area contributed by atoms with Crippen LogP contribution in [-0.4, -0.2) is 48.1 Å². The molecule has 5 nitrogen and oxygen atoms in total. The highest BCUT2D eigenvalue weighted by atomic mass is 16.3. The Morgan fingerprint density at radius 1 is 1.15 bits per heavy atom. The molecule has 1 aliphatic heterocycles. The van der Waals surface area contributed by atoms with Gasteiger partial charge in [-0.25, -0.2) is 0 Å². The Balaban J connectivity index is 1.92. The SMILES string of the molecule is CC(C)[C@H](N)C(=O)N1CCN(c2ccc(O)cc2)CC1. The lowest BCUT2D eigenvalue weighted by Crippen LogP contribution is -2.54. The normalized spacial score (nSPS) is 17.4. The summed E-state index contributed by atoms with van der Waals surface area (Å²) in [5.74, 6) is 0.480. The van der Waals surface area contributed by atoms with E-state index >= 15 is 0 Å². The largest absolute Gasteiger partial charge is 0.508 e. The number of phenolic OH excluding ortho intramolecular Hbond substituents is 1. The summed E-state index contributed by atoms with van der Waals surface area (Å²) in [5.41, 5.74) is 6.99. The third-order valence-corrected chi connectivity index (χ3v) is 3.81. The van der Waals surface area contributed by atoms with Crippen molar-refractivity contribution in [2.75, 3.05) is 31.1 Å². The number of phenols is 1. The number of aromatic hydroxyl groups is 1. The molecule has 110 valence electrons. The van der Waals surface area contributed by atoms with Crippen molar-refractivity contribution in [2.45, 2.75) is 19.9 Å². The highest BCUT2D eigenvalue weighted by molar-refractivity contribution is 5.82. The molecule has 0 spiro atoms. The van der Waals surface area contributed by atoms with Crippen LogP contribution in [0.4, 0.5) is 5.69 Å². The van der Waals surface area contributed by atoms with Gasteiger partial charge in [-0.05, 0) is 30.2 Å². The van der Waals surface area contributed by atoms with E-state index in [1.54, 1.807) is 12.1 Å². The predicted molar refractivity (Wildman–Crippen MR) is 79.7 cm³/mol. The fourth-order valence-corrected chi connectivity index (χ4v) is 2.34. The molecular weight excluding hydrogens is 254 g/mol. The summed E-state index contributed by atoms with van der Waals surface area (Å²) in [6.45, 7) is 6.91. The molecule has 1 fully saturated rings. The molecule has 20 heavy (non-hydrogen) atoms. The zero-order chi connectivity index (χ0) is 14.7. The third-order valence-electron chi connectivity index (χ3n) is 3.81. The number of nitrogens with two attached hydrogens (primary N) is 1. The quantitative estimate of drug-likeness (QED) is 0.865. The molecule has 0 saturated carbocycles. The van der Waals surface area contributed by atoms with Gasteiger partial charge in [-0.1, -0.05) is 13.8 Å². The molecule has 1 aromatic rings. The standard InChI is InChI=1S/C15H23N3O2/c1-11(2)14(16)15(20)18-9-7-17(8-10-18)12-3-5-13(19)6-4-12/h3-6,11,14,19H,7-10,16H2,1-2H3/t14-/m0/s1. The fraction of sp³-hybridized carbons (Fsp3) is 0.533. The number of carbonyl (C=O) groups is 1. The van der Waals surface area contributed by atoms with Crippen LogP contribution in [0.1, 0.15) is 13.8 Å². The number of hydrogen-bond acceptors (Lipinski definition) is 4. The van der Waals surface area contributed by atoms with E-state index < -0.39 is 6.04 Å². The van der Waals surface area contributed by atoms with Crippen LogP contribution in [0.25, 0.3) is 0 Å². The monoisotopic (exact) mass is 277 g/mol. The molecular formula is C15H23N3O2. The van der Waals surface area contributed by atoms with Gasteiger partial charge in [-0.15, -0.1) is 0 Å². The van der Waals surface area contributed by atoms with Crippen molar-refractivity contribution >= 4 is 11.6 Å². The van der Waals surface area contributed by atoms with Crippen LogP contribution in [0.3, 0.4) is 0 Å². The molecule has 0 aliphatic carbocycles. The molecule has 1 saturated heterocycles. The highest BCUT2D eigenvalue weighted by Crippen LogP contribution is 2.20. The maximum Gasteiger partial charge on any atom is 0.239 e. The second kappa shape index (κ2) is 6.13. The van der Waals surface area contributed by atoms with E-state index in [1.165, 1.54) is 0 Å². The van der Waals surface area contributed by atoms with Crippen LogP contribution in [-0.2, 0) is 4.79 Å². The molecule has 1 aromatic carbocycles. The van der Waals surface area contributed by atoms with Gasteiger partial charge in [0.2, 0.25) is 5.91 Å². The molecule has 3 N–H and O–H groups in total. The Bertz CT molecular complexity index is 451. The first-order chi connectivity index (χ1) is 9.49. The Hall–Kier alpha value is -1.75. The summed E-state index contributed by atoms with van der Waals surface area (Å²) in [6.07, 6.45) is 0. The maximum atomic E-state index is 12.2. The number of piperazine rings is 1. The number of rotatable bonds is 3. The van der Waals surface area contributed by atoms with Crippen LogP contribution < -0.4 is 10.6 Å². The summed E-state index contributed by atoms with van der Waals surface area (Å²) in [7, 11) is 0. The van der Waals surface area contributed by atoms with E-state index in [0.717, 1.165) is 18.8 Å². The van der Waals surface area contributed by atoms with Gasteiger partial charge in [0.25, 0.3) is 0 Å². The first-order valence-corrected chi connectivity index (χ1v) is 7.07. The zero-order valence-electron chi connectivity index (χ0n) is 12.1. The first kappa shape index (κ1) is 14.7. The summed E-state index contributed by atoms with van der Waals surface area (Å²) in [4.78, 5) is 16.2. The molecule has 5 heteroatoms. The summed E-state index contributed by atoms with van der Waals surface area (Å²) in [5, 5.41) is 9.30. The lowest BCUT2D eigenvalue weighted by Gasteiger charge is -2.37. The van der Waals surface area contributed by atoms with Crippen molar-refractivity contribution in [3.8, 4) is 5.75 Å². The lowest BCUT2D eigenvalue weighted by atomic mass is 10.0. The minimum atomic E-state index is -0.407. The Kier molecular flexibility index (Phi) is 4.49. The molecule has 0 aromatic heterocycles. The van der Waals surface area contributed by atoms with Gasteiger partial charge in [0.1, 0.15) is 5.75 Å². The number of hydrogen-bond donors (Lipinski definition) is 2. The van der Waals surface area contributed by atoms with Gasteiger partial charge < -0.3 is 20.6 Å². The van der Waals surface area contributed by atoms with Gasteiger partial charge in [0.05, 0.1) is 6.04 Å². The summed E-state index contributed by atoms with van der Waals surface area (Å²) >= 11 is 0. The summed E-state index contributed by atoms with van der Waals surface area (Å²) in [6, 6.07) is 6.75. The van der Waals surface area contributed by atoms with Crippen molar-refractivity contribution in [2.24, 2.45) is 11.7 Å². The number of benzene rings is 1. The molecule has 0 radical (unpaired) electrons. The van der Waals surface area contributed by atoms with Crippen molar-refractivity contribution < 1.29 is 9.90 Å². The first-order valence-electron chi connectivity index (χ1n) is 7.07. The summed E-state index contributed by atoms with van der Waals surface area (Å²) < 4.78 is 0. The molecule has 1 heterocycles. The molecule has 0 bridgehead atoms. The van der Waals surface area contributed by atoms with E-state index in [9.17, 15) is 9.90 Å². The molecule has 2 rings (SSSR count). The second-order valence-corrected chi connectivity index (χ2v) is 5.60. The highest BCUT2D eigenvalue weighted by Gasteiger charge is 2.26. The predicted octanol–water partition coefficient (Wildman–Crippen LogP) is 1.02. The van der Waals surface area contributed by atoms with Crippen LogP contribution in [0.15, 0.2) is 24.3 Å². The zero-order valence-corrected chi connectivity index (χ0v) is 12.1. The lowest BCUT2D eigenvalue weighted by molar-refractivity contribution is -0.133. The minimum absolute atomic E-state index is 0.0466. The maximum absolute atomic E-state index is 12.2. The van der Waals surface area contributed by atoms with Crippen molar-refractivity contribution in [1.82, 2.24) is 4.90 Å². The van der Waals surface area contributed by atoms with E-state index in [2.05, 4.69) is 4.90 Å². The van der Waals surface area contributed by atoms with Crippen molar-refractivity contribution in [3.63, 3.8) is 0 Å². The van der Waals surface area contributed by atoms with Gasteiger partial charge in [0, 0.05) is 31.9 Å². The number of carbonyl (C=O) groups excluding carboxylic acids is 1.